The molecule has 1 aromatic heterocycles. The number of hydrogen-bond acceptors (Lipinski definition) is 6. The van der Waals surface area contributed by atoms with Gasteiger partial charge < -0.3 is 15.4 Å². The Morgan fingerprint density at radius 3 is 2.14 bits per heavy atom. The van der Waals surface area contributed by atoms with Crippen molar-refractivity contribution in [1.82, 2.24) is 9.97 Å². The second-order valence-corrected chi connectivity index (χ2v) is 9.77. The van der Waals surface area contributed by atoms with Gasteiger partial charge in [0.15, 0.2) is 0 Å². The second-order valence-electron chi connectivity index (χ2n) is 9.77. The lowest BCUT2D eigenvalue weighted by Gasteiger charge is -2.14. The number of fused-ring (bicyclic) bond motifs is 1. The Labute approximate surface area is 256 Å². The van der Waals surface area contributed by atoms with Crippen LogP contribution in [0.1, 0.15) is 34.0 Å². The van der Waals surface area contributed by atoms with Crippen LogP contribution < -0.4 is 10.6 Å². The Morgan fingerprint density at radius 1 is 0.750 bits per heavy atom. The molecule has 0 atom stereocenters. The molecule has 7 heteroatoms. The number of esters is 1. The maximum atomic E-state index is 13.5. The van der Waals surface area contributed by atoms with Crippen LogP contribution in [0.5, 0.6) is 0 Å². The summed E-state index contributed by atoms with van der Waals surface area (Å²) in [6.07, 6.45) is 1.99. The van der Waals surface area contributed by atoms with Crippen molar-refractivity contribution in [2.75, 3.05) is 10.6 Å². The first-order valence-corrected chi connectivity index (χ1v) is 14.1. The molecule has 4 aromatic carbocycles. The van der Waals surface area contributed by atoms with Crippen LogP contribution in [0, 0.1) is 11.8 Å². The summed E-state index contributed by atoms with van der Waals surface area (Å²) < 4.78 is 5.76. The molecule has 0 aliphatic rings. The number of benzene rings is 3. The molecule has 0 spiro atoms. The molecule has 0 radical (unpaired) electrons. The first-order valence-electron chi connectivity index (χ1n) is 14.1. The minimum absolute atomic E-state index is 0.159. The number of amides is 1. The van der Waals surface area contributed by atoms with Gasteiger partial charge >= 0.3 is 5.97 Å². The average Bonchev–Trinajstić information content (AvgIpc) is 3.04. The predicted molar refractivity (Wildman–Crippen MR) is 174 cm³/mol. The summed E-state index contributed by atoms with van der Waals surface area (Å²) in [7, 11) is 0. The van der Waals surface area contributed by atoms with Gasteiger partial charge in [-0.05, 0) is 66.3 Å². The van der Waals surface area contributed by atoms with E-state index in [-0.39, 0.29) is 6.61 Å². The lowest BCUT2D eigenvalue weighted by Crippen LogP contribution is -2.10. The maximum Gasteiger partial charge on any atom is 0.338 e. The summed E-state index contributed by atoms with van der Waals surface area (Å²) >= 11 is 0. The van der Waals surface area contributed by atoms with E-state index in [0.717, 1.165) is 16.7 Å². The summed E-state index contributed by atoms with van der Waals surface area (Å²) in [5, 5.41) is 6.78. The van der Waals surface area contributed by atoms with E-state index >= 15 is 0 Å². The zero-order valence-electron chi connectivity index (χ0n) is 24.2. The Bertz CT molecular complexity index is 1890. The highest BCUT2D eigenvalue weighted by Gasteiger charge is 2.16. The van der Waals surface area contributed by atoms with Crippen molar-refractivity contribution in [3.8, 4) is 11.8 Å². The first-order chi connectivity index (χ1) is 21.6. The van der Waals surface area contributed by atoms with Gasteiger partial charge in [-0.1, -0.05) is 96.9 Å². The summed E-state index contributed by atoms with van der Waals surface area (Å²) in [5.74, 6) is 4.75. The van der Waals surface area contributed by atoms with Gasteiger partial charge in [0.25, 0.3) is 5.91 Å². The Kier molecular flexibility index (Phi) is 9.89. The smallest absolute Gasteiger partial charge is 0.338 e. The van der Waals surface area contributed by atoms with Crippen LogP contribution >= 0.6 is 0 Å². The van der Waals surface area contributed by atoms with Crippen molar-refractivity contribution < 1.29 is 14.3 Å². The number of hydrogen-bond donors (Lipinski definition) is 2. The minimum Gasteiger partial charge on any atom is -0.457 e. The monoisotopic (exact) mass is 578 g/mol. The molecule has 1 heterocycles. The Balaban J connectivity index is 1.48. The van der Waals surface area contributed by atoms with Gasteiger partial charge in [0.2, 0.25) is 0 Å². The highest BCUT2D eigenvalue weighted by Crippen LogP contribution is 2.28. The van der Waals surface area contributed by atoms with E-state index < -0.39 is 11.9 Å². The van der Waals surface area contributed by atoms with Crippen LogP contribution in [-0.4, -0.2) is 21.8 Å². The van der Waals surface area contributed by atoms with Gasteiger partial charge in [0, 0.05) is 16.8 Å². The van der Waals surface area contributed by atoms with E-state index in [9.17, 15) is 9.59 Å². The van der Waals surface area contributed by atoms with Crippen LogP contribution in [0.2, 0.25) is 0 Å². The van der Waals surface area contributed by atoms with E-state index in [4.69, 9.17) is 4.74 Å². The zero-order chi connectivity index (χ0) is 30.6. The number of anilines is 3. The molecule has 44 heavy (non-hydrogen) atoms. The Hall–Kier alpha value is -6.00. The van der Waals surface area contributed by atoms with E-state index in [2.05, 4.69) is 32.4 Å². The normalized spacial score (nSPS) is 10.1. The Morgan fingerprint density at radius 2 is 1.41 bits per heavy atom. The van der Waals surface area contributed by atoms with Crippen molar-refractivity contribution in [1.29, 1.82) is 0 Å². The summed E-state index contributed by atoms with van der Waals surface area (Å²) in [4.78, 5) is 34.3. The lowest BCUT2D eigenvalue weighted by molar-refractivity contribution is -0.111. The molecular formula is C37H30N4O3. The zero-order valence-corrected chi connectivity index (χ0v) is 24.2. The van der Waals surface area contributed by atoms with Crippen molar-refractivity contribution in [3.63, 3.8) is 0 Å². The average molecular weight is 579 g/mol. The summed E-state index contributed by atoms with van der Waals surface area (Å²) in [6.45, 7) is 1.76. The number of aromatic nitrogens is 2. The van der Waals surface area contributed by atoms with E-state index in [1.807, 2.05) is 97.1 Å². The van der Waals surface area contributed by atoms with Gasteiger partial charge in [0.05, 0.1) is 11.1 Å². The van der Waals surface area contributed by atoms with E-state index in [1.165, 1.54) is 6.33 Å². The van der Waals surface area contributed by atoms with Crippen LogP contribution in [0.4, 0.5) is 17.2 Å². The number of rotatable bonds is 8. The summed E-state index contributed by atoms with van der Waals surface area (Å²) in [6, 6.07) is 38.4. The predicted octanol–water partition coefficient (Wildman–Crippen LogP) is 7.41. The third-order valence-electron chi connectivity index (χ3n) is 6.62. The van der Waals surface area contributed by atoms with Crippen molar-refractivity contribution in [3.05, 3.63) is 150 Å². The molecule has 0 fully saturated rings. The molecule has 0 aliphatic carbocycles. The van der Waals surface area contributed by atoms with E-state index in [0.29, 0.717) is 40.1 Å². The topological polar surface area (TPSA) is 93.2 Å². The number of nitrogens with one attached hydrogen (secondary N) is 2. The molecule has 0 aliphatic heterocycles. The van der Waals surface area contributed by atoms with Crippen LogP contribution in [0.3, 0.4) is 0 Å². The number of nitrogens with zero attached hydrogens (tertiary/aromatic N) is 2. The SMILES string of the molecule is CC#CC(=O)Nc1ccc2ncnc(Nc3ccc(Cc4ccccccccc4)c(C(=O)OCc4ccccc4)c3)c2c1. The largest absolute Gasteiger partial charge is 0.457 e. The van der Waals surface area contributed by atoms with Gasteiger partial charge in [-0.3, -0.25) is 4.79 Å². The second kappa shape index (κ2) is 14.8. The molecule has 216 valence electrons. The molecule has 0 saturated heterocycles. The lowest BCUT2D eigenvalue weighted by atomic mass is 9.99. The van der Waals surface area contributed by atoms with Crippen molar-refractivity contribution in [2.45, 2.75) is 20.0 Å². The van der Waals surface area contributed by atoms with Crippen LogP contribution in [0.15, 0.2) is 128 Å². The third-order valence-corrected chi connectivity index (χ3v) is 6.62. The van der Waals surface area contributed by atoms with E-state index in [1.54, 1.807) is 31.2 Å². The van der Waals surface area contributed by atoms with Crippen LogP contribution in [0.25, 0.3) is 10.9 Å². The molecule has 0 saturated carbocycles. The fraction of sp³-hybridized carbons (Fsp3) is 0.0811. The quantitative estimate of drug-likeness (QED) is 0.147. The van der Waals surface area contributed by atoms with Crippen molar-refractivity contribution in [2.24, 2.45) is 0 Å². The molecule has 5 aromatic rings. The fourth-order valence-electron chi connectivity index (χ4n) is 4.52. The number of carbonyl (C=O) groups excluding carboxylic acids is 2. The molecule has 0 bridgehead atoms. The van der Waals surface area contributed by atoms with Gasteiger partial charge in [-0.15, -0.1) is 0 Å². The first kappa shape index (κ1) is 29.5. The van der Waals surface area contributed by atoms with Gasteiger partial charge in [-0.25, -0.2) is 14.8 Å². The summed E-state index contributed by atoms with van der Waals surface area (Å²) in [5.41, 5.74) is 5.10. The third kappa shape index (κ3) is 8.05. The minimum atomic E-state index is -0.426. The highest BCUT2D eigenvalue weighted by molar-refractivity contribution is 6.05. The number of ether oxygens (including phenoxy) is 1. The highest BCUT2D eigenvalue weighted by atomic mass is 16.5. The molecule has 0 unspecified atom stereocenters. The molecule has 1 amide bonds. The molecular weight excluding hydrogens is 548 g/mol. The van der Waals surface area contributed by atoms with Gasteiger partial charge in [-0.2, -0.15) is 0 Å². The number of carbonyl (C=O) groups is 2. The van der Waals surface area contributed by atoms with Crippen LogP contribution in [-0.2, 0) is 22.6 Å². The van der Waals surface area contributed by atoms with Gasteiger partial charge in [0.1, 0.15) is 18.8 Å². The maximum absolute atomic E-state index is 13.5. The fourth-order valence-corrected chi connectivity index (χ4v) is 4.52. The molecule has 5 rings (SSSR count). The molecule has 7 nitrogen and oxygen atoms in total. The van der Waals surface area contributed by atoms with Crippen molar-refractivity contribution >= 4 is 40.0 Å². The standard InChI is InChI=1S/C37H30N4O3/c1-2-13-35(42)40-30-20-21-34-33(24-30)36(39-26-38-34)41-31-19-18-29(22-27-14-9-6-4-3-5-7-10-15-27)32(23-31)37(43)44-25-28-16-11-8-12-17-28/h3-12,14-21,23-24,26H,22,25H2,1H3,(H,40,42)(H,38,39,41). The molecule has 2 N–H and O–H groups in total.